The summed E-state index contributed by atoms with van der Waals surface area (Å²) >= 11 is 0. The van der Waals surface area contributed by atoms with E-state index in [1.54, 1.807) is 7.11 Å². The normalized spacial score (nSPS) is 19.7. The molecular weight excluding hydrogens is 705 g/mol. The average molecular weight is 742 g/mol. The SMILES string of the molecule is COc1nc2ccccc2cc1CNC[C@H]1CC[C@@]2(COCCN(C(C)C)C2)O1.O=C(O)C(F)(F)F.O=C(O)C(F)(F)F.O=C(O)C(F)(F)F. The van der Waals surface area contributed by atoms with Gasteiger partial charge in [0.15, 0.2) is 0 Å². The van der Waals surface area contributed by atoms with Gasteiger partial charge in [-0.2, -0.15) is 39.5 Å². The fraction of sp³-hybridized carbons (Fsp3) is 0.586. The molecule has 0 radical (unpaired) electrons. The molecule has 0 aliphatic carbocycles. The molecular formula is C29H36F9N3O9. The van der Waals surface area contributed by atoms with Crippen LogP contribution in [0.1, 0.15) is 32.3 Å². The van der Waals surface area contributed by atoms with Crippen molar-refractivity contribution in [3.8, 4) is 5.88 Å². The highest BCUT2D eigenvalue weighted by Gasteiger charge is 2.43. The number of carboxylic acids is 3. The molecule has 0 bridgehead atoms. The van der Waals surface area contributed by atoms with E-state index in [0.29, 0.717) is 25.1 Å². The first-order valence-electron chi connectivity index (χ1n) is 14.4. The lowest BCUT2D eigenvalue weighted by atomic mass is 9.99. The minimum absolute atomic E-state index is 0.157. The lowest BCUT2D eigenvalue weighted by Crippen LogP contribution is -2.47. The molecule has 2 atom stereocenters. The number of methoxy groups -OCH3 is 1. The topological polar surface area (TPSA) is 168 Å². The number of pyridine rings is 1. The Morgan fingerprint density at radius 2 is 1.50 bits per heavy atom. The Hall–Kier alpha value is -3.95. The lowest BCUT2D eigenvalue weighted by molar-refractivity contribution is -0.193. The number of fused-ring (bicyclic) bond motifs is 1. The van der Waals surface area contributed by atoms with Gasteiger partial charge in [0.2, 0.25) is 5.88 Å². The average Bonchev–Trinajstić information content (AvgIpc) is 3.27. The van der Waals surface area contributed by atoms with Gasteiger partial charge in [0.1, 0.15) is 5.60 Å². The molecule has 1 aromatic heterocycles. The van der Waals surface area contributed by atoms with E-state index in [1.165, 1.54) is 0 Å². The van der Waals surface area contributed by atoms with E-state index < -0.39 is 36.4 Å². The van der Waals surface area contributed by atoms with Crippen LogP contribution in [0.2, 0.25) is 0 Å². The molecule has 2 fully saturated rings. The third-order valence-corrected chi connectivity index (χ3v) is 6.82. The molecule has 2 aliphatic heterocycles. The van der Waals surface area contributed by atoms with Gasteiger partial charge in [-0.3, -0.25) is 4.90 Å². The summed E-state index contributed by atoms with van der Waals surface area (Å²) in [5.41, 5.74) is 1.87. The summed E-state index contributed by atoms with van der Waals surface area (Å²) in [4.78, 5) is 33.8. The molecule has 1 spiro atoms. The highest BCUT2D eigenvalue weighted by atomic mass is 19.4. The van der Waals surface area contributed by atoms with Crippen LogP contribution in [0.25, 0.3) is 10.9 Å². The minimum atomic E-state index is -5.08. The number of alkyl halides is 9. The van der Waals surface area contributed by atoms with Gasteiger partial charge in [-0.1, -0.05) is 18.2 Å². The van der Waals surface area contributed by atoms with E-state index >= 15 is 0 Å². The predicted molar refractivity (Wildman–Crippen MR) is 155 cm³/mol. The van der Waals surface area contributed by atoms with Crippen LogP contribution in [0, 0.1) is 0 Å². The molecule has 284 valence electrons. The van der Waals surface area contributed by atoms with E-state index in [0.717, 1.165) is 55.5 Å². The Kier molecular flexibility index (Phi) is 16.6. The number of carboxylic acid groups (broad SMARTS) is 3. The second kappa shape index (κ2) is 18.9. The van der Waals surface area contributed by atoms with Crippen LogP contribution in [0.5, 0.6) is 5.88 Å². The van der Waals surface area contributed by atoms with Crippen molar-refractivity contribution in [1.29, 1.82) is 0 Å². The van der Waals surface area contributed by atoms with Crippen molar-refractivity contribution < 1.29 is 83.4 Å². The maximum atomic E-state index is 10.6. The van der Waals surface area contributed by atoms with Crippen molar-refractivity contribution in [3.63, 3.8) is 0 Å². The van der Waals surface area contributed by atoms with Crippen molar-refractivity contribution in [2.75, 3.05) is 40.0 Å². The maximum Gasteiger partial charge on any atom is 0.490 e. The largest absolute Gasteiger partial charge is 0.490 e. The van der Waals surface area contributed by atoms with Gasteiger partial charge >= 0.3 is 36.4 Å². The number of hydrogen-bond acceptors (Lipinski definition) is 9. The van der Waals surface area contributed by atoms with Gasteiger partial charge in [-0.05, 0) is 38.8 Å². The molecule has 0 unspecified atom stereocenters. The van der Waals surface area contributed by atoms with Crippen molar-refractivity contribution in [2.45, 2.75) is 69.5 Å². The van der Waals surface area contributed by atoms with Crippen molar-refractivity contribution in [3.05, 3.63) is 35.9 Å². The van der Waals surface area contributed by atoms with Crippen LogP contribution < -0.4 is 10.1 Å². The first-order valence-corrected chi connectivity index (χ1v) is 14.4. The maximum absolute atomic E-state index is 10.6. The van der Waals surface area contributed by atoms with Crippen LogP contribution in [0.4, 0.5) is 39.5 Å². The van der Waals surface area contributed by atoms with Crippen molar-refractivity contribution in [2.24, 2.45) is 0 Å². The first kappa shape index (κ1) is 44.1. The fourth-order valence-electron chi connectivity index (χ4n) is 4.45. The number of para-hydroxylation sites is 1. The van der Waals surface area contributed by atoms with E-state index in [9.17, 15) is 39.5 Å². The number of nitrogens with one attached hydrogen (secondary N) is 1. The number of ether oxygens (including phenoxy) is 3. The van der Waals surface area contributed by atoms with Crippen LogP contribution in [0.3, 0.4) is 0 Å². The van der Waals surface area contributed by atoms with Crippen molar-refractivity contribution in [1.82, 2.24) is 15.2 Å². The van der Waals surface area contributed by atoms with Crippen molar-refractivity contribution >= 4 is 28.8 Å². The van der Waals surface area contributed by atoms with Gasteiger partial charge in [0.25, 0.3) is 0 Å². The quantitative estimate of drug-likeness (QED) is 0.297. The van der Waals surface area contributed by atoms with Gasteiger partial charge in [0, 0.05) is 43.2 Å². The van der Waals surface area contributed by atoms with E-state index in [2.05, 4.69) is 41.2 Å². The second-order valence-electron chi connectivity index (χ2n) is 11.0. The minimum Gasteiger partial charge on any atom is -0.481 e. The smallest absolute Gasteiger partial charge is 0.481 e. The van der Waals surface area contributed by atoms with Crippen LogP contribution in [-0.4, -0.2) is 119 Å². The van der Waals surface area contributed by atoms with Gasteiger partial charge in [-0.15, -0.1) is 0 Å². The zero-order valence-electron chi connectivity index (χ0n) is 26.8. The van der Waals surface area contributed by atoms with E-state index in [4.69, 9.17) is 43.9 Å². The summed E-state index contributed by atoms with van der Waals surface area (Å²) in [6.45, 7) is 9.47. The number of benzene rings is 1. The molecule has 2 saturated heterocycles. The second-order valence-corrected chi connectivity index (χ2v) is 11.0. The lowest BCUT2D eigenvalue weighted by Gasteiger charge is -2.34. The molecule has 3 heterocycles. The Balaban J connectivity index is 0.000000486. The molecule has 4 N–H and O–H groups in total. The highest BCUT2D eigenvalue weighted by Crippen LogP contribution is 2.33. The number of halogens is 9. The molecule has 2 aliphatic rings. The molecule has 1 aromatic carbocycles. The zero-order valence-corrected chi connectivity index (χ0v) is 26.8. The summed E-state index contributed by atoms with van der Waals surface area (Å²) in [7, 11) is 1.68. The third-order valence-electron chi connectivity index (χ3n) is 6.82. The standard InChI is InChI=1S/C23H33N3O3.3C2HF3O2/c1-17(2)26-10-11-28-16-23(15-26)9-8-20(29-23)14-24-13-19-12-18-6-4-5-7-21(18)25-22(19)27-3;3*3-2(4,5)1(6)7/h4-7,12,17,20,24H,8-11,13-16H2,1-3H3;3*(H,6,7)/t20-,23-;;;/m1.../s1. The van der Waals surface area contributed by atoms with Gasteiger partial charge < -0.3 is 34.8 Å². The third kappa shape index (κ3) is 15.3. The zero-order chi connectivity index (χ0) is 38.5. The number of rotatable bonds is 6. The van der Waals surface area contributed by atoms with Gasteiger partial charge in [0.05, 0.1) is 31.9 Å². The van der Waals surface area contributed by atoms with Crippen LogP contribution >= 0.6 is 0 Å². The number of aromatic nitrogens is 1. The Morgan fingerprint density at radius 3 is 1.98 bits per heavy atom. The number of nitrogens with zero attached hydrogens (tertiary/aromatic N) is 2. The molecule has 0 amide bonds. The monoisotopic (exact) mass is 741 g/mol. The van der Waals surface area contributed by atoms with E-state index in [1.807, 2.05) is 18.2 Å². The summed E-state index contributed by atoms with van der Waals surface area (Å²) < 4.78 is 113. The summed E-state index contributed by atoms with van der Waals surface area (Å²) in [6, 6.07) is 10.8. The molecule has 2 aromatic rings. The van der Waals surface area contributed by atoms with Crippen LogP contribution in [-0.2, 0) is 30.4 Å². The molecule has 12 nitrogen and oxygen atoms in total. The summed E-state index contributed by atoms with van der Waals surface area (Å²) in [5.74, 6) is -7.59. The van der Waals surface area contributed by atoms with E-state index in [-0.39, 0.29) is 11.7 Å². The molecule has 0 saturated carbocycles. The molecule has 21 heteroatoms. The Morgan fingerprint density at radius 1 is 0.980 bits per heavy atom. The van der Waals surface area contributed by atoms with Gasteiger partial charge in [-0.25, -0.2) is 19.4 Å². The fourth-order valence-corrected chi connectivity index (χ4v) is 4.45. The number of aliphatic carboxylic acids is 3. The first-order chi connectivity index (χ1) is 22.9. The highest BCUT2D eigenvalue weighted by molar-refractivity contribution is 5.80. The molecule has 50 heavy (non-hydrogen) atoms. The Bertz CT molecular complexity index is 1350. The predicted octanol–water partition coefficient (Wildman–Crippen LogP) is 4.89. The Labute approximate surface area is 279 Å². The number of carbonyl (C=O) groups is 3. The molecule has 4 rings (SSSR count). The summed E-state index contributed by atoms with van der Waals surface area (Å²) in [5, 5.41) is 26.1. The number of hydrogen-bond donors (Lipinski definition) is 4. The van der Waals surface area contributed by atoms with Crippen LogP contribution in [0.15, 0.2) is 30.3 Å². The summed E-state index contributed by atoms with van der Waals surface area (Å²) in [6.07, 6.45) is -12.9.